The molecule has 8 heteroatoms. The number of ether oxygens (including phenoxy) is 2. The minimum absolute atomic E-state index is 0.0627. The normalized spacial score (nSPS) is 20.7. The minimum atomic E-state index is 0.0627. The first kappa shape index (κ1) is 28.4. The Kier molecular flexibility index (Phi) is 8.96. The molecule has 8 nitrogen and oxygen atoms in total. The molecule has 3 atom stereocenters. The Morgan fingerprint density at radius 3 is 2.77 bits per heavy atom. The van der Waals surface area contributed by atoms with Crippen molar-refractivity contribution in [2.45, 2.75) is 65.6 Å². The monoisotopic (exact) mass is 546 g/mol. The second-order valence-electron chi connectivity index (χ2n) is 11.5. The summed E-state index contributed by atoms with van der Waals surface area (Å²) in [4.78, 5) is 15.0. The van der Waals surface area contributed by atoms with Crippen molar-refractivity contribution >= 4 is 22.5 Å². The summed E-state index contributed by atoms with van der Waals surface area (Å²) in [5.74, 6) is 3.38. The van der Waals surface area contributed by atoms with Crippen molar-refractivity contribution in [3.8, 4) is 17.1 Å². The van der Waals surface area contributed by atoms with Gasteiger partial charge in [0, 0.05) is 61.8 Å². The molecular formula is C32H46N6O2. The summed E-state index contributed by atoms with van der Waals surface area (Å²) in [6.07, 6.45) is 5.66. The lowest BCUT2D eigenvalue weighted by molar-refractivity contribution is -0.0390. The van der Waals surface area contributed by atoms with Crippen LogP contribution in [0.15, 0.2) is 37.0 Å². The SMILES string of the molecule is C=C(NCC)c1cc(OC)c2c(c1)nc(-c1ccc(N3CCC[C@@H]3C)nc1)n2C[C@@H]1CN(C[C@@H](C)CC)CCO1. The molecule has 0 radical (unpaired) electrons. The van der Waals surface area contributed by atoms with Gasteiger partial charge in [-0.2, -0.15) is 0 Å². The predicted molar refractivity (Wildman–Crippen MR) is 164 cm³/mol. The van der Waals surface area contributed by atoms with Gasteiger partial charge in [-0.25, -0.2) is 9.97 Å². The van der Waals surface area contributed by atoms with E-state index in [-0.39, 0.29) is 6.10 Å². The van der Waals surface area contributed by atoms with Crippen LogP contribution in [0.5, 0.6) is 5.75 Å². The van der Waals surface area contributed by atoms with Gasteiger partial charge in [0.15, 0.2) is 0 Å². The lowest BCUT2D eigenvalue weighted by Crippen LogP contribution is -2.45. The van der Waals surface area contributed by atoms with Crippen LogP contribution in [0.25, 0.3) is 28.1 Å². The maximum atomic E-state index is 6.32. The zero-order chi connectivity index (χ0) is 28.2. The molecule has 216 valence electrons. The standard InChI is InChI=1S/C32H46N6O2/c1-7-22(3)19-36-14-15-40-27(20-36)21-38-31-28(16-26(17-29(31)39-6)24(5)33-8-2)35-32(38)25-11-12-30(34-18-25)37-13-9-10-23(37)4/h11-12,16-18,22-23,27,33H,5,7-10,13-15,19-21H2,1-4,6H3/t22-,23-,27-/m0/s1. The molecule has 2 aliphatic rings. The first-order valence-electron chi connectivity index (χ1n) is 15.0. The second-order valence-corrected chi connectivity index (χ2v) is 11.5. The summed E-state index contributed by atoms with van der Waals surface area (Å²) >= 11 is 0. The van der Waals surface area contributed by atoms with Crippen molar-refractivity contribution in [3.63, 3.8) is 0 Å². The predicted octanol–water partition coefficient (Wildman–Crippen LogP) is 5.42. The van der Waals surface area contributed by atoms with Gasteiger partial charge in [-0.05, 0) is 56.9 Å². The molecule has 4 heterocycles. The third-order valence-electron chi connectivity index (χ3n) is 8.49. The highest BCUT2D eigenvalue weighted by molar-refractivity contribution is 5.89. The van der Waals surface area contributed by atoms with Crippen LogP contribution in [-0.2, 0) is 11.3 Å². The van der Waals surface area contributed by atoms with E-state index in [0.29, 0.717) is 18.5 Å². The van der Waals surface area contributed by atoms with E-state index < -0.39 is 0 Å². The number of anilines is 1. The molecule has 0 bridgehead atoms. The summed E-state index contributed by atoms with van der Waals surface area (Å²) in [5, 5.41) is 3.33. The number of methoxy groups -OCH3 is 1. The smallest absolute Gasteiger partial charge is 0.145 e. The maximum Gasteiger partial charge on any atom is 0.145 e. The third-order valence-corrected chi connectivity index (χ3v) is 8.49. The van der Waals surface area contributed by atoms with Crippen molar-refractivity contribution in [2.24, 2.45) is 5.92 Å². The fourth-order valence-corrected chi connectivity index (χ4v) is 6.07. The molecule has 0 saturated carbocycles. The van der Waals surface area contributed by atoms with E-state index in [1.54, 1.807) is 7.11 Å². The first-order valence-corrected chi connectivity index (χ1v) is 15.0. The van der Waals surface area contributed by atoms with Gasteiger partial charge in [0.1, 0.15) is 22.9 Å². The Bertz CT molecular complexity index is 1300. The zero-order valence-electron chi connectivity index (χ0n) is 24.9. The van der Waals surface area contributed by atoms with Crippen molar-refractivity contribution < 1.29 is 9.47 Å². The molecule has 5 rings (SSSR count). The van der Waals surface area contributed by atoms with Crippen LogP contribution in [-0.4, -0.2) is 78.0 Å². The van der Waals surface area contributed by atoms with Crippen LogP contribution in [0.3, 0.4) is 0 Å². The van der Waals surface area contributed by atoms with Gasteiger partial charge in [0.25, 0.3) is 0 Å². The molecule has 0 aliphatic carbocycles. The van der Waals surface area contributed by atoms with E-state index in [4.69, 9.17) is 19.4 Å². The van der Waals surface area contributed by atoms with Crippen LogP contribution >= 0.6 is 0 Å². The van der Waals surface area contributed by atoms with Gasteiger partial charge in [-0.1, -0.05) is 26.8 Å². The van der Waals surface area contributed by atoms with E-state index >= 15 is 0 Å². The Hall–Kier alpha value is -3.10. The van der Waals surface area contributed by atoms with Gasteiger partial charge in [-0.15, -0.1) is 0 Å². The highest BCUT2D eigenvalue weighted by Gasteiger charge is 2.27. The van der Waals surface area contributed by atoms with Gasteiger partial charge in [0.2, 0.25) is 0 Å². The first-order chi connectivity index (χ1) is 19.4. The number of hydrogen-bond donors (Lipinski definition) is 1. The average molecular weight is 547 g/mol. The fraction of sp³-hybridized carbons (Fsp3) is 0.562. The van der Waals surface area contributed by atoms with E-state index in [0.717, 1.165) is 84.6 Å². The fourth-order valence-electron chi connectivity index (χ4n) is 6.07. The Morgan fingerprint density at radius 2 is 2.10 bits per heavy atom. The summed E-state index contributed by atoms with van der Waals surface area (Å²) in [5.41, 5.74) is 4.69. The second kappa shape index (κ2) is 12.6. The number of aromatic nitrogens is 3. The summed E-state index contributed by atoms with van der Waals surface area (Å²) < 4.78 is 14.6. The van der Waals surface area contributed by atoms with Crippen molar-refractivity contribution in [3.05, 3.63) is 42.6 Å². The lowest BCUT2D eigenvalue weighted by Gasteiger charge is -2.34. The number of fused-ring (bicyclic) bond motifs is 1. The highest BCUT2D eigenvalue weighted by Crippen LogP contribution is 2.35. The van der Waals surface area contributed by atoms with Crippen LogP contribution in [0.1, 0.15) is 52.5 Å². The Balaban J connectivity index is 1.54. The molecule has 2 saturated heterocycles. The topological polar surface area (TPSA) is 67.7 Å². The molecule has 2 fully saturated rings. The van der Waals surface area contributed by atoms with Gasteiger partial charge in [-0.3, -0.25) is 4.90 Å². The van der Waals surface area contributed by atoms with E-state index in [2.05, 4.69) is 78.2 Å². The maximum absolute atomic E-state index is 6.32. The van der Waals surface area contributed by atoms with E-state index in [1.807, 2.05) is 6.20 Å². The Labute approximate surface area is 239 Å². The van der Waals surface area contributed by atoms with Crippen molar-refractivity contribution in [2.75, 3.05) is 51.3 Å². The molecule has 2 aromatic heterocycles. The minimum Gasteiger partial charge on any atom is -0.494 e. The number of nitrogens with one attached hydrogen (secondary N) is 1. The molecule has 0 amide bonds. The molecule has 40 heavy (non-hydrogen) atoms. The zero-order valence-corrected chi connectivity index (χ0v) is 24.9. The Morgan fingerprint density at radius 1 is 1.25 bits per heavy atom. The number of morpholine rings is 1. The number of imidazole rings is 1. The molecule has 1 aromatic carbocycles. The number of benzene rings is 1. The van der Waals surface area contributed by atoms with E-state index in [1.165, 1.54) is 19.3 Å². The van der Waals surface area contributed by atoms with Crippen LogP contribution in [0.4, 0.5) is 5.82 Å². The van der Waals surface area contributed by atoms with E-state index in [9.17, 15) is 0 Å². The lowest BCUT2D eigenvalue weighted by atomic mass is 10.1. The number of hydrogen-bond acceptors (Lipinski definition) is 7. The van der Waals surface area contributed by atoms with Crippen LogP contribution < -0.4 is 15.0 Å². The number of pyridine rings is 1. The van der Waals surface area contributed by atoms with Gasteiger partial charge >= 0.3 is 0 Å². The molecule has 1 N–H and O–H groups in total. The molecule has 3 aromatic rings. The largest absolute Gasteiger partial charge is 0.494 e. The average Bonchev–Trinajstić information content (AvgIpc) is 3.56. The summed E-state index contributed by atoms with van der Waals surface area (Å²) in [7, 11) is 1.73. The summed E-state index contributed by atoms with van der Waals surface area (Å²) in [6, 6.07) is 8.99. The molecular weight excluding hydrogens is 500 g/mol. The van der Waals surface area contributed by atoms with Crippen molar-refractivity contribution in [1.82, 2.24) is 24.8 Å². The quantitative estimate of drug-likeness (QED) is 0.344. The van der Waals surface area contributed by atoms with Gasteiger partial charge in [0.05, 0.1) is 31.9 Å². The number of rotatable bonds is 11. The molecule has 2 aliphatic heterocycles. The summed E-state index contributed by atoms with van der Waals surface area (Å²) in [6.45, 7) is 19.5. The van der Waals surface area contributed by atoms with Crippen LogP contribution in [0, 0.1) is 5.92 Å². The third kappa shape index (κ3) is 5.98. The highest BCUT2D eigenvalue weighted by atomic mass is 16.5. The molecule has 0 spiro atoms. The number of nitrogens with zero attached hydrogens (tertiary/aromatic N) is 5. The van der Waals surface area contributed by atoms with Gasteiger partial charge < -0.3 is 24.3 Å². The molecule has 0 unspecified atom stereocenters. The van der Waals surface area contributed by atoms with Crippen LogP contribution in [0.2, 0.25) is 0 Å². The van der Waals surface area contributed by atoms with Crippen molar-refractivity contribution in [1.29, 1.82) is 0 Å².